The molecule has 0 aliphatic heterocycles. The lowest BCUT2D eigenvalue weighted by Crippen LogP contribution is -2.56. The Morgan fingerprint density at radius 1 is 0.660 bits per heavy atom. The molecule has 0 aromatic heterocycles. The van der Waals surface area contributed by atoms with E-state index in [4.69, 9.17) is 0 Å². The van der Waals surface area contributed by atoms with Gasteiger partial charge in [-0.2, -0.15) is 0 Å². The standard InChI is InChI=1S/C34H68N2.C7H13N3O4/c1-9-12-15-26-33(5,6)29-18-22-31(23-19-29)36(35-28(4)17-14-11-3)32-24-20-30(21-25-32)34(7,8)27-16-13-10-2;1-8-5-2-6(9(11)12)4-7(3-5)10(13)14/h28-32,35H,9-27H2,1-8H3;5-8H,2-4H2,1H3. The fourth-order valence-corrected chi connectivity index (χ4v) is 9.52. The maximum absolute atomic E-state index is 10.5. The third-order valence-electron chi connectivity index (χ3n) is 13.3. The first kappa shape index (κ1) is 44.8. The molecular weight excluding hydrogens is 626 g/mol. The molecule has 0 saturated heterocycles. The van der Waals surface area contributed by atoms with Crippen LogP contribution in [0, 0.1) is 42.9 Å². The molecule has 0 aromatic carbocycles. The predicted octanol–water partition coefficient (Wildman–Crippen LogP) is 10.8. The van der Waals surface area contributed by atoms with Crippen LogP contribution in [0.1, 0.15) is 197 Å². The number of hydrazine groups is 1. The van der Waals surface area contributed by atoms with Gasteiger partial charge in [0.1, 0.15) is 0 Å². The van der Waals surface area contributed by atoms with E-state index in [-0.39, 0.29) is 12.5 Å². The molecule has 3 fully saturated rings. The zero-order valence-electron chi connectivity index (χ0n) is 34.1. The van der Waals surface area contributed by atoms with Crippen molar-refractivity contribution < 1.29 is 9.85 Å². The van der Waals surface area contributed by atoms with E-state index in [0.717, 1.165) is 23.9 Å². The van der Waals surface area contributed by atoms with Crippen LogP contribution in [0.5, 0.6) is 0 Å². The quantitative estimate of drug-likeness (QED) is 0.0735. The SMILES string of the molecule is CCCCCC(C)(C)C1CCC(N(NC(C)CCCC)C2CCC(C(C)(C)CCCCC)CC2)CC1.CNC1CC([N+](=O)[O-])CC([N+](=O)[O-])C1. The van der Waals surface area contributed by atoms with E-state index in [9.17, 15) is 20.2 Å². The second kappa shape index (κ2) is 22.7. The molecule has 0 heterocycles. The van der Waals surface area contributed by atoms with Crippen molar-refractivity contribution in [3.8, 4) is 0 Å². The Balaban J connectivity index is 0.000000515. The Labute approximate surface area is 307 Å². The van der Waals surface area contributed by atoms with Crippen LogP contribution in [0.3, 0.4) is 0 Å². The summed E-state index contributed by atoms with van der Waals surface area (Å²) in [5.41, 5.74) is 5.16. The van der Waals surface area contributed by atoms with Gasteiger partial charge in [-0.1, -0.05) is 99.8 Å². The summed E-state index contributed by atoms with van der Waals surface area (Å²) in [4.78, 5) is 20.2. The molecule has 9 nitrogen and oxygen atoms in total. The first-order valence-electron chi connectivity index (χ1n) is 21.2. The molecule has 0 bridgehead atoms. The minimum absolute atomic E-state index is 0.0537. The third kappa shape index (κ3) is 15.0. The molecule has 3 aliphatic carbocycles. The van der Waals surface area contributed by atoms with Gasteiger partial charge in [0, 0.05) is 46.9 Å². The largest absolute Gasteiger partial charge is 0.316 e. The molecule has 0 radical (unpaired) electrons. The van der Waals surface area contributed by atoms with E-state index in [1.54, 1.807) is 7.05 Å². The Morgan fingerprint density at radius 2 is 1.06 bits per heavy atom. The first-order chi connectivity index (χ1) is 23.7. The zero-order valence-corrected chi connectivity index (χ0v) is 34.1. The molecule has 9 heteroatoms. The Hall–Kier alpha value is -1.32. The Bertz CT molecular complexity index is 881. The minimum Gasteiger partial charge on any atom is -0.316 e. The molecule has 3 unspecified atom stereocenters. The number of rotatable bonds is 20. The first-order valence-corrected chi connectivity index (χ1v) is 21.2. The predicted molar refractivity (Wildman–Crippen MR) is 210 cm³/mol. The number of hydrogen-bond acceptors (Lipinski definition) is 7. The zero-order chi connectivity index (χ0) is 37.3. The van der Waals surface area contributed by atoms with E-state index in [0.29, 0.717) is 29.7 Å². The van der Waals surface area contributed by atoms with Crippen LogP contribution < -0.4 is 10.7 Å². The van der Waals surface area contributed by atoms with Crippen molar-refractivity contribution >= 4 is 0 Å². The summed E-state index contributed by atoms with van der Waals surface area (Å²) in [6, 6.07) is 0.422. The van der Waals surface area contributed by atoms with Gasteiger partial charge in [-0.25, -0.2) is 5.01 Å². The number of nitrogens with one attached hydrogen (secondary N) is 2. The minimum atomic E-state index is -0.781. The summed E-state index contributed by atoms with van der Waals surface area (Å²) in [7, 11) is 1.67. The highest BCUT2D eigenvalue weighted by Gasteiger charge is 2.41. The van der Waals surface area contributed by atoms with Gasteiger partial charge in [0.15, 0.2) is 0 Å². The fourth-order valence-electron chi connectivity index (χ4n) is 9.52. The molecule has 3 rings (SSSR count). The molecule has 2 N–H and O–H groups in total. The van der Waals surface area contributed by atoms with Crippen LogP contribution in [0.15, 0.2) is 0 Å². The highest BCUT2D eigenvalue weighted by molar-refractivity contribution is 4.91. The van der Waals surface area contributed by atoms with Crippen LogP contribution in [0.25, 0.3) is 0 Å². The second-order valence-electron chi connectivity index (χ2n) is 18.1. The van der Waals surface area contributed by atoms with Crippen molar-refractivity contribution in [2.75, 3.05) is 7.05 Å². The number of unbranched alkanes of at least 4 members (excludes halogenated alkanes) is 5. The average molecular weight is 708 g/mol. The van der Waals surface area contributed by atoms with Crippen molar-refractivity contribution in [1.82, 2.24) is 15.8 Å². The van der Waals surface area contributed by atoms with Gasteiger partial charge < -0.3 is 5.32 Å². The van der Waals surface area contributed by atoms with Crippen LogP contribution >= 0.6 is 0 Å². The van der Waals surface area contributed by atoms with Gasteiger partial charge in [0.05, 0.1) is 6.42 Å². The van der Waals surface area contributed by atoms with Crippen LogP contribution in [0.2, 0.25) is 0 Å². The van der Waals surface area contributed by atoms with Crippen molar-refractivity contribution in [2.45, 2.75) is 233 Å². The molecule has 50 heavy (non-hydrogen) atoms. The molecule has 3 atom stereocenters. The Kier molecular flexibility index (Phi) is 20.3. The van der Waals surface area contributed by atoms with Gasteiger partial charge >= 0.3 is 0 Å². The van der Waals surface area contributed by atoms with Gasteiger partial charge in [-0.05, 0) is 107 Å². The molecular formula is C41H81N5O4. The monoisotopic (exact) mass is 708 g/mol. The molecule has 0 amide bonds. The molecule has 294 valence electrons. The molecule has 0 aromatic rings. The smallest absolute Gasteiger partial charge is 0.221 e. The lowest BCUT2D eigenvalue weighted by atomic mass is 9.66. The average Bonchev–Trinajstić information content (AvgIpc) is 3.10. The summed E-state index contributed by atoms with van der Waals surface area (Å²) in [5.74, 6) is 1.84. The van der Waals surface area contributed by atoms with Gasteiger partial charge in [0.2, 0.25) is 12.1 Å². The molecule has 3 aliphatic rings. The maximum Gasteiger partial charge on any atom is 0.221 e. The number of hydrogen-bond donors (Lipinski definition) is 2. The van der Waals surface area contributed by atoms with Crippen LogP contribution in [-0.2, 0) is 0 Å². The normalized spacial score (nSPS) is 28.5. The third-order valence-corrected chi connectivity index (χ3v) is 13.3. The highest BCUT2D eigenvalue weighted by Crippen LogP contribution is 2.45. The maximum atomic E-state index is 10.5. The van der Waals surface area contributed by atoms with Gasteiger partial charge in [0.25, 0.3) is 0 Å². The van der Waals surface area contributed by atoms with Crippen LogP contribution in [0.4, 0.5) is 0 Å². The van der Waals surface area contributed by atoms with Crippen LogP contribution in [-0.4, -0.2) is 58.2 Å². The van der Waals surface area contributed by atoms with Crippen molar-refractivity contribution in [1.29, 1.82) is 0 Å². The highest BCUT2D eigenvalue weighted by atomic mass is 16.6. The Morgan fingerprint density at radius 3 is 1.40 bits per heavy atom. The molecule has 3 saturated carbocycles. The summed E-state index contributed by atoms with van der Waals surface area (Å²) in [5, 5.41) is 26.8. The summed E-state index contributed by atoms with van der Waals surface area (Å²) < 4.78 is 0. The van der Waals surface area contributed by atoms with Crippen molar-refractivity contribution in [3.05, 3.63) is 20.2 Å². The van der Waals surface area contributed by atoms with Gasteiger partial charge in [-0.3, -0.25) is 25.7 Å². The second-order valence-corrected chi connectivity index (χ2v) is 18.1. The summed E-state index contributed by atoms with van der Waals surface area (Å²) in [6.07, 6.45) is 27.3. The van der Waals surface area contributed by atoms with E-state index in [2.05, 4.69) is 71.1 Å². The van der Waals surface area contributed by atoms with Crippen molar-refractivity contribution in [2.24, 2.45) is 22.7 Å². The number of nitro groups is 2. The van der Waals surface area contributed by atoms with E-state index in [1.807, 2.05) is 0 Å². The van der Waals surface area contributed by atoms with E-state index in [1.165, 1.54) is 122 Å². The summed E-state index contributed by atoms with van der Waals surface area (Å²) >= 11 is 0. The lowest BCUT2D eigenvalue weighted by Gasteiger charge is -2.48. The number of nitrogens with zero attached hydrogens (tertiary/aromatic N) is 3. The van der Waals surface area contributed by atoms with E-state index >= 15 is 0 Å². The van der Waals surface area contributed by atoms with E-state index < -0.39 is 21.9 Å². The topological polar surface area (TPSA) is 114 Å². The van der Waals surface area contributed by atoms with Crippen molar-refractivity contribution in [3.63, 3.8) is 0 Å². The van der Waals surface area contributed by atoms with Gasteiger partial charge in [-0.15, -0.1) is 0 Å². The fraction of sp³-hybridized carbons (Fsp3) is 1.00. The molecule has 0 spiro atoms. The lowest BCUT2D eigenvalue weighted by molar-refractivity contribution is -0.568. The summed E-state index contributed by atoms with van der Waals surface area (Å²) in [6.45, 7) is 19.7.